The third-order valence-corrected chi connectivity index (χ3v) is 11.4. The number of Topliss-reactive ketones (excluding diaryl/α,β-unsaturated/α-hetero) is 1. The van der Waals surface area contributed by atoms with Gasteiger partial charge in [0, 0.05) is 60.7 Å². The number of aliphatic hydroxyl groups excluding tert-OH is 1. The van der Waals surface area contributed by atoms with Crippen LogP contribution in [0.3, 0.4) is 0 Å². The molecule has 16 heteroatoms. The first-order valence-corrected chi connectivity index (χ1v) is 18.5. The molecule has 54 heavy (non-hydrogen) atoms. The van der Waals surface area contributed by atoms with Crippen LogP contribution in [0.1, 0.15) is 80.2 Å². The number of carbonyl (C=O) groups excluding carboxylic acids is 3. The number of phenols is 1. The molecule has 3 aliphatic heterocycles. The molecule has 16 nitrogen and oxygen atoms in total. The number of methoxy groups -OCH3 is 1. The quantitative estimate of drug-likeness (QED) is 0.183. The molecule has 302 valence electrons. The first-order valence-electron chi connectivity index (χ1n) is 18.5. The number of carbonyl (C=O) groups is 3. The average molecular weight is 763 g/mol. The maximum Gasteiger partial charge on any atom is 0.425 e. The van der Waals surface area contributed by atoms with Crippen molar-refractivity contribution in [3.05, 3.63) is 45.5 Å². The number of cyclic esters (lactones) is 1. The molecular weight excluding hydrogens is 704 g/mol. The number of nitrogens with zero attached hydrogens (tertiary/aromatic N) is 3. The van der Waals surface area contributed by atoms with E-state index in [1.165, 1.54) is 19.2 Å². The number of aromatic hydroxyl groups is 1. The normalized spacial score (nSPS) is 37.9. The van der Waals surface area contributed by atoms with Gasteiger partial charge in [0.25, 0.3) is 5.69 Å². The Kier molecular flexibility index (Phi) is 13.6. The lowest BCUT2D eigenvalue weighted by Crippen LogP contribution is -2.60. The Labute approximate surface area is 317 Å². The van der Waals surface area contributed by atoms with Crippen molar-refractivity contribution in [3.63, 3.8) is 0 Å². The van der Waals surface area contributed by atoms with E-state index in [1.54, 1.807) is 40.7 Å². The minimum absolute atomic E-state index is 0.132. The summed E-state index contributed by atoms with van der Waals surface area (Å²) in [6.45, 7) is 13.8. The van der Waals surface area contributed by atoms with Gasteiger partial charge in [0.2, 0.25) is 0 Å². The monoisotopic (exact) mass is 762 g/mol. The average Bonchev–Trinajstić information content (AvgIpc) is 3.37. The fraction of sp³-hybridized carbons (Fsp3) is 0.711. The number of rotatable bonds is 9. The maximum atomic E-state index is 14.6. The number of nitrogens with one attached hydrogen (secondary N) is 1. The number of amides is 1. The fourth-order valence-corrected chi connectivity index (χ4v) is 8.43. The zero-order chi connectivity index (χ0) is 40.4. The number of aliphatic hydroxyl groups is 1. The Balaban J connectivity index is 1.77. The van der Waals surface area contributed by atoms with Gasteiger partial charge in [0.1, 0.15) is 29.8 Å². The van der Waals surface area contributed by atoms with Gasteiger partial charge in [-0.3, -0.25) is 14.9 Å². The van der Waals surface area contributed by atoms with Gasteiger partial charge < -0.3 is 38.8 Å². The molecular formula is C38H58N4O12. The number of benzene rings is 1. The molecule has 4 rings (SSSR count). The SMILES string of the molecule is CC[C@H]1OC(=O)/C(C)=C/[C@H](C)[C@@H](O[C@@H]2O[C@H](C)C[C@H](N(C)C)[C@H]2O)[C@](C)(OC)C[C@@H](C)C(=O)[C@H](C)[C@H]2N(NCc3cc([N+](=O)[O-])ccc3O)C(=O)O[C@]12C. The van der Waals surface area contributed by atoms with E-state index >= 15 is 0 Å². The van der Waals surface area contributed by atoms with Gasteiger partial charge >= 0.3 is 12.1 Å². The molecule has 1 aromatic carbocycles. The number of hydrogen-bond acceptors (Lipinski definition) is 14. The van der Waals surface area contributed by atoms with E-state index in [4.69, 9.17) is 23.7 Å². The van der Waals surface area contributed by atoms with E-state index in [9.17, 15) is 34.7 Å². The lowest BCUT2D eigenvalue weighted by atomic mass is 9.74. The second-order valence-corrected chi connectivity index (χ2v) is 15.7. The highest BCUT2D eigenvalue weighted by atomic mass is 16.7. The Morgan fingerprint density at radius 3 is 2.41 bits per heavy atom. The number of esters is 1. The zero-order valence-electron chi connectivity index (χ0n) is 33.2. The Morgan fingerprint density at radius 1 is 1.15 bits per heavy atom. The van der Waals surface area contributed by atoms with Crippen LogP contribution in [0.2, 0.25) is 0 Å². The number of hydrazine groups is 1. The summed E-state index contributed by atoms with van der Waals surface area (Å²) >= 11 is 0. The summed E-state index contributed by atoms with van der Waals surface area (Å²) in [6.07, 6.45) is -2.28. The molecule has 1 amide bonds. The predicted molar refractivity (Wildman–Crippen MR) is 196 cm³/mol. The summed E-state index contributed by atoms with van der Waals surface area (Å²) in [5, 5.41) is 34.5. The number of phenolic OH excluding ortho intramolecular Hbond substituents is 1. The highest BCUT2D eigenvalue weighted by Crippen LogP contribution is 2.42. The van der Waals surface area contributed by atoms with Crippen LogP contribution in [-0.2, 0) is 39.8 Å². The first kappa shape index (κ1) is 43.1. The number of ether oxygens (including phenoxy) is 5. The fourth-order valence-electron chi connectivity index (χ4n) is 8.43. The molecule has 0 spiro atoms. The number of non-ortho nitro benzene ring substituents is 1. The number of likely N-dealkylation sites (N-methyl/N-ethyl adjacent to an activating group) is 1. The molecule has 2 saturated heterocycles. The number of fused-ring (bicyclic) bond motifs is 1. The van der Waals surface area contributed by atoms with Gasteiger partial charge in [-0.1, -0.05) is 33.8 Å². The maximum absolute atomic E-state index is 14.6. The third kappa shape index (κ3) is 8.74. The van der Waals surface area contributed by atoms with E-state index < -0.39 is 76.6 Å². The Morgan fingerprint density at radius 2 is 1.81 bits per heavy atom. The van der Waals surface area contributed by atoms with Crippen molar-refractivity contribution in [1.82, 2.24) is 15.3 Å². The first-order chi connectivity index (χ1) is 25.2. The molecule has 2 fully saturated rings. The Hall–Kier alpha value is -3.67. The van der Waals surface area contributed by atoms with E-state index in [-0.39, 0.29) is 59.9 Å². The summed E-state index contributed by atoms with van der Waals surface area (Å²) in [6, 6.07) is 2.24. The molecule has 0 aromatic heterocycles. The van der Waals surface area contributed by atoms with E-state index in [2.05, 4.69) is 5.43 Å². The third-order valence-electron chi connectivity index (χ3n) is 11.4. The minimum Gasteiger partial charge on any atom is -0.508 e. The minimum atomic E-state index is -1.53. The molecule has 1 aromatic rings. The molecule has 3 aliphatic rings. The van der Waals surface area contributed by atoms with Crippen LogP contribution < -0.4 is 5.43 Å². The molecule has 3 N–H and O–H groups in total. The van der Waals surface area contributed by atoms with Crippen molar-refractivity contribution in [2.45, 2.75) is 135 Å². The number of hydrogen-bond donors (Lipinski definition) is 3. The largest absolute Gasteiger partial charge is 0.508 e. The van der Waals surface area contributed by atoms with Gasteiger partial charge in [-0.15, -0.1) is 0 Å². The predicted octanol–water partition coefficient (Wildman–Crippen LogP) is 4.25. The van der Waals surface area contributed by atoms with E-state index in [1.807, 2.05) is 39.8 Å². The second kappa shape index (κ2) is 17.0. The van der Waals surface area contributed by atoms with Crippen molar-refractivity contribution >= 4 is 23.5 Å². The van der Waals surface area contributed by atoms with E-state index in [0.29, 0.717) is 6.42 Å². The van der Waals surface area contributed by atoms with Crippen LogP contribution in [0, 0.1) is 27.9 Å². The second-order valence-electron chi connectivity index (χ2n) is 15.7. The van der Waals surface area contributed by atoms with Gasteiger partial charge in [0.05, 0.1) is 22.7 Å². The standard InChI is InChI=1S/C38H58N4O12/c1-12-29-38(8)32(41(36(47)54-38)39-19-25-17-26(42(48)49)13-14-28(25)43)24(6)30(44)22(4)18-37(7,50-11)33(20(2)15-21(3)34(46)52-29)53-35-31(45)27(40(9)10)16-23(5)51-35/h13-15,17,20,22-24,27,29,31-33,35,39,43,45H,12,16,18-19H2,1-11H3/b21-15+/t20-,22+,23+,24-,27-,29+,31+,32+,33+,35-,37+,38+/m0/s1. The van der Waals surface area contributed by atoms with Gasteiger partial charge in [-0.25, -0.2) is 20.0 Å². The zero-order valence-corrected chi connectivity index (χ0v) is 33.2. The topological polar surface area (TPSA) is 199 Å². The molecule has 3 heterocycles. The van der Waals surface area contributed by atoms with Crippen LogP contribution in [-0.4, -0.2) is 118 Å². The number of nitro benzene ring substituents is 1. The molecule has 12 atom stereocenters. The van der Waals surface area contributed by atoms with Crippen molar-refractivity contribution in [2.75, 3.05) is 21.2 Å². The van der Waals surface area contributed by atoms with Crippen molar-refractivity contribution in [2.24, 2.45) is 17.8 Å². The van der Waals surface area contributed by atoms with E-state index in [0.717, 1.165) is 11.1 Å². The summed E-state index contributed by atoms with van der Waals surface area (Å²) in [5.41, 5.74) is 0.370. The van der Waals surface area contributed by atoms with Crippen LogP contribution in [0.25, 0.3) is 0 Å². The van der Waals surface area contributed by atoms with Gasteiger partial charge in [0.15, 0.2) is 11.9 Å². The van der Waals surface area contributed by atoms with Crippen LogP contribution in [0.15, 0.2) is 29.8 Å². The lowest BCUT2D eigenvalue weighted by molar-refractivity contribution is -0.384. The molecule has 0 saturated carbocycles. The highest BCUT2D eigenvalue weighted by Gasteiger charge is 2.60. The Bertz CT molecular complexity index is 1590. The number of ketones is 1. The lowest BCUT2D eigenvalue weighted by Gasteiger charge is -2.46. The smallest absolute Gasteiger partial charge is 0.425 e. The van der Waals surface area contributed by atoms with Crippen LogP contribution >= 0.6 is 0 Å². The highest BCUT2D eigenvalue weighted by molar-refractivity contribution is 5.88. The number of nitro groups is 1. The van der Waals surface area contributed by atoms with Gasteiger partial charge in [-0.2, -0.15) is 0 Å². The van der Waals surface area contributed by atoms with Crippen molar-refractivity contribution in [1.29, 1.82) is 0 Å². The van der Waals surface area contributed by atoms with Crippen molar-refractivity contribution < 1.29 is 53.2 Å². The van der Waals surface area contributed by atoms with Crippen LogP contribution in [0.5, 0.6) is 5.75 Å². The molecule has 0 bridgehead atoms. The summed E-state index contributed by atoms with van der Waals surface area (Å²) in [5.74, 6) is -3.25. The molecule has 0 aliphatic carbocycles. The van der Waals surface area contributed by atoms with Crippen LogP contribution in [0.4, 0.5) is 10.5 Å². The van der Waals surface area contributed by atoms with Gasteiger partial charge in [-0.05, 0) is 67.1 Å². The molecule has 0 radical (unpaired) electrons. The summed E-state index contributed by atoms with van der Waals surface area (Å²) in [7, 11) is 5.27. The summed E-state index contributed by atoms with van der Waals surface area (Å²) < 4.78 is 31.0. The van der Waals surface area contributed by atoms with Crippen molar-refractivity contribution in [3.8, 4) is 5.75 Å². The molecule has 0 unspecified atom stereocenters. The summed E-state index contributed by atoms with van der Waals surface area (Å²) in [4.78, 5) is 54.8.